The Balaban J connectivity index is 2.37. The van der Waals surface area contributed by atoms with Crippen molar-refractivity contribution >= 4 is 13.8 Å². The van der Waals surface area contributed by atoms with E-state index in [4.69, 9.17) is 18.5 Å². The Labute approximate surface area is 393 Å². The van der Waals surface area contributed by atoms with Gasteiger partial charge in [-0.25, -0.2) is 4.57 Å². The van der Waals surface area contributed by atoms with Gasteiger partial charge in [-0.05, 0) is 83.5 Å². The minimum absolute atomic E-state index is 0.0935. The molecule has 1 fully saturated rings. The maximum Gasteiger partial charge on any atom is 0.472 e. The third-order valence-corrected chi connectivity index (χ3v) is 12.3. The molecule has 0 aromatic carbocycles. The van der Waals surface area contributed by atoms with E-state index in [0.717, 1.165) is 116 Å². The summed E-state index contributed by atoms with van der Waals surface area (Å²) in [6.45, 7) is 4.10. The fourth-order valence-corrected chi connectivity index (χ4v) is 8.29. The predicted octanol–water partition coefficient (Wildman–Crippen LogP) is 11.1. The van der Waals surface area contributed by atoms with Gasteiger partial charge in [0, 0.05) is 13.0 Å². The van der Waals surface area contributed by atoms with Crippen molar-refractivity contribution in [2.75, 3.05) is 19.8 Å². The van der Waals surface area contributed by atoms with Crippen molar-refractivity contribution in [3.05, 3.63) is 72.9 Å². The van der Waals surface area contributed by atoms with Crippen molar-refractivity contribution in [3.63, 3.8) is 0 Å². The number of aliphatic hydroxyl groups excluding tert-OH is 5. The first kappa shape index (κ1) is 60.8. The Morgan fingerprint density at radius 2 is 0.908 bits per heavy atom. The molecule has 0 radical (unpaired) electrons. The molecule has 0 aromatic heterocycles. The summed E-state index contributed by atoms with van der Waals surface area (Å²) in [7, 11) is -5.03. The molecule has 0 saturated heterocycles. The predicted molar refractivity (Wildman–Crippen MR) is 262 cm³/mol. The van der Waals surface area contributed by atoms with E-state index in [1.165, 1.54) is 44.9 Å². The molecule has 0 amide bonds. The molecule has 13 heteroatoms. The molecule has 6 unspecified atom stereocenters. The van der Waals surface area contributed by atoms with E-state index in [9.17, 15) is 39.8 Å². The highest BCUT2D eigenvalue weighted by atomic mass is 31.2. The van der Waals surface area contributed by atoms with Gasteiger partial charge in [0.2, 0.25) is 0 Å². The van der Waals surface area contributed by atoms with Gasteiger partial charge in [0.15, 0.2) is 0 Å². The van der Waals surface area contributed by atoms with Gasteiger partial charge in [0.1, 0.15) is 42.7 Å². The number of ether oxygens (including phenoxy) is 2. The monoisotopic (exact) mass is 939 g/mol. The van der Waals surface area contributed by atoms with Crippen LogP contribution in [0.5, 0.6) is 0 Å². The summed E-state index contributed by atoms with van der Waals surface area (Å²) in [4.78, 5) is 23.2. The molecule has 0 bridgehead atoms. The van der Waals surface area contributed by atoms with E-state index in [1.54, 1.807) is 0 Å². The third kappa shape index (κ3) is 33.8. The van der Waals surface area contributed by atoms with E-state index in [2.05, 4.69) is 86.8 Å². The lowest BCUT2D eigenvalue weighted by atomic mass is 9.85. The van der Waals surface area contributed by atoms with E-state index in [1.807, 2.05) is 0 Å². The van der Waals surface area contributed by atoms with Gasteiger partial charge in [0.05, 0.1) is 13.2 Å². The van der Waals surface area contributed by atoms with Crippen molar-refractivity contribution in [1.82, 2.24) is 0 Å². The molecule has 1 aliphatic carbocycles. The Morgan fingerprint density at radius 3 is 1.40 bits per heavy atom. The lowest BCUT2D eigenvalue weighted by Gasteiger charge is -2.41. The van der Waals surface area contributed by atoms with Gasteiger partial charge in [0.25, 0.3) is 0 Å². The molecule has 1 aliphatic rings. The topological polar surface area (TPSA) is 192 Å². The summed E-state index contributed by atoms with van der Waals surface area (Å²) in [6.07, 6.45) is 42.5. The molecule has 0 heterocycles. The zero-order chi connectivity index (χ0) is 47.6. The normalized spacial score (nSPS) is 22.2. The van der Waals surface area contributed by atoms with Crippen molar-refractivity contribution in [2.24, 2.45) is 0 Å². The molecule has 1 saturated carbocycles. The van der Waals surface area contributed by atoms with Gasteiger partial charge in [-0.1, -0.05) is 170 Å². The summed E-state index contributed by atoms with van der Waals surface area (Å²) in [5, 5.41) is 50.3. The van der Waals surface area contributed by atoms with Gasteiger partial charge in [-0.15, -0.1) is 0 Å². The molecule has 12 nitrogen and oxygen atoms in total. The van der Waals surface area contributed by atoms with Crippen LogP contribution in [-0.4, -0.2) is 98.9 Å². The number of carbonyl (C=O) groups excluding carboxylic acids is 1. The highest BCUT2D eigenvalue weighted by Gasteiger charge is 2.51. The summed E-state index contributed by atoms with van der Waals surface area (Å²) in [5.74, 6) is -0.493. The standard InChI is InChI=1S/C52H91O12P/c1-3-5-7-9-11-13-15-17-19-21-22-23-24-25-26-28-30-32-34-36-38-40-42-61-43-45(44-62-65(59,60)64-52-50(57)48(55)47(54)49(56)51(52)58)63-46(53)41-39-37-35-33-31-29-27-20-18-16-14-12-10-8-6-4-2/h5,7,11,13,17,19-20,22-23,25-27,45,47-52,54-58H,3-4,6,8-10,12,14-16,18,21,24,28-44H2,1-2H3,(H,59,60)/b7-5-,13-11-,19-17-,23-22-,26-25-,27-20-. The number of phosphoric acid groups is 1. The number of allylic oxidation sites excluding steroid dienone is 12. The molecule has 376 valence electrons. The second kappa shape index (κ2) is 41.9. The summed E-state index contributed by atoms with van der Waals surface area (Å²) >= 11 is 0. The molecule has 0 aliphatic heterocycles. The van der Waals surface area contributed by atoms with Crippen LogP contribution in [0.4, 0.5) is 0 Å². The fourth-order valence-electron chi connectivity index (χ4n) is 7.32. The van der Waals surface area contributed by atoms with Crippen LogP contribution in [0.15, 0.2) is 72.9 Å². The van der Waals surface area contributed by atoms with Crippen LogP contribution < -0.4 is 0 Å². The molecule has 65 heavy (non-hydrogen) atoms. The average Bonchev–Trinajstić information content (AvgIpc) is 3.29. The first-order valence-electron chi connectivity index (χ1n) is 25.3. The lowest BCUT2D eigenvalue weighted by Crippen LogP contribution is -2.64. The number of carbonyl (C=O) groups is 1. The highest BCUT2D eigenvalue weighted by molar-refractivity contribution is 7.47. The number of esters is 1. The molecule has 0 aromatic rings. The maximum absolute atomic E-state index is 12.8. The quantitative estimate of drug-likeness (QED) is 0.0147. The van der Waals surface area contributed by atoms with Crippen molar-refractivity contribution in [2.45, 2.75) is 230 Å². The Kier molecular flexibility index (Phi) is 39.2. The molecular formula is C52H91O12P. The van der Waals surface area contributed by atoms with Crippen LogP contribution >= 0.6 is 7.82 Å². The Hall–Kier alpha value is -2.22. The second-order valence-corrected chi connectivity index (χ2v) is 18.7. The van der Waals surface area contributed by atoms with E-state index < -0.39 is 63.1 Å². The van der Waals surface area contributed by atoms with Crippen LogP contribution in [0.25, 0.3) is 0 Å². The van der Waals surface area contributed by atoms with Crippen LogP contribution in [-0.2, 0) is 27.9 Å². The molecule has 0 spiro atoms. The van der Waals surface area contributed by atoms with E-state index in [-0.39, 0.29) is 13.0 Å². The van der Waals surface area contributed by atoms with Crippen molar-refractivity contribution < 1.29 is 58.3 Å². The van der Waals surface area contributed by atoms with Gasteiger partial charge in [-0.3, -0.25) is 13.8 Å². The van der Waals surface area contributed by atoms with Crippen molar-refractivity contribution in [3.8, 4) is 0 Å². The van der Waals surface area contributed by atoms with Crippen molar-refractivity contribution in [1.29, 1.82) is 0 Å². The van der Waals surface area contributed by atoms with E-state index in [0.29, 0.717) is 13.0 Å². The minimum atomic E-state index is -5.03. The van der Waals surface area contributed by atoms with Gasteiger partial charge >= 0.3 is 13.8 Å². The van der Waals surface area contributed by atoms with E-state index >= 15 is 0 Å². The third-order valence-electron chi connectivity index (χ3n) is 11.3. The van der Waals surface area contributed by atoms with Crippen LogP contribution in [0, 0.1) is 0 Å². The first-order valence-corrected chi connectivity index (χ1v) is 26.8. The fraction of sp³-hybridized carbons (Fsp3) is 0.750. The Bertz CT molecular complexity index is 1350. The van der Waals surface area contributed by atoms with Gasteiger partial charge < -0.3 is 39.9 Å². The zero-order valence-electron chi connectivity index (χ0n) is 40.3. The highest BCUT2D eigenvalue weighted by Crippen LogP contribution is 2.47. The number of rotatable bonds is 42. The molecule has 1 rings (SSSR count). The Morgan fingerprint density at radius 1 is 0.508 bits per heavy atom. The molecule has 6 N–H and O–H groups in total. The largest absolute Gasteiger partial charge is 0.472 e. The molecule has 6 atom stereocenters. The SMILES string of the molecule is CC/C=C\C/C=C\C/C=C\C/C=C\C/C=C\CCCCCCCCOCC(COP(=O)(O)OC1C(O)C(O)C(O)C(O)C1O)OC(=O)CCCCCCC/C=C\CCCCCCCCC. The second-order valence-electron chi connectivity index (χ2n) is 17.3. The van der Waals surface area contributed by atoms with Crippen LogP contribution in [0.2, 0.25) is 0 Å². The number of unbranched alkanes of at least 4 members (excludes halogenated alkanes) is 18. The van der Waals surface area contributed by atoms with Crippen LogP contribution in [0.3, 0.4) is 0 Å². The smallest absolute Gasteiger partial charge is 0.457 e. The number of phosphoric ester groups is 1. The summed E-state index contributed by atoms with van der Waals surface area (Å²) < 4.78 is 34.3. The molecular weight excluding hydrogens is 848 g/mol. The number of hydrogen-bond donors (Lipinski definition) is 6. The van der Waals surface area contributed by atoms with Gasteiger partial charge in [-0.2, -0.15) is 0 Å². The number of aliphatic hydroxyl groups is 5. The lowest BCUT2D eigenvalue weighted by molar-refractivity contribution is -0.220. The maximum atomic E-state index is 12.8. The first-order chi connectivity index (χ1) is 31.5. The summed E-state index contributed by atoms with van der Waals surface area (Å²) in [5.41, 5.74) is 0. The number of hydrogen-bond acceptors (Lipinski definition) is 11. The zero-order valence-corrected chi connectivity index (χ0v) is 41.2. The van der Waals surface area contributed by atoms with Crippen LogP contribution in [0.1, 0.15) is 187 Å². The minimum Gasteiger partial charge on any atom is -0.457 e. The summed E-state index contributed by atoms with van der Waals surface area (Å²) in [6, 6.07) is 0. The average molecular weight is 939 g/mol.